The summed E-state index contributed by atoms with van der Waals surface area (Å²) in [5, 5.41) is 3.61. The summed E-state index contributed by atoms with van der Waals surface area (Å²) in [4.78, 5) is 3.99. The van der Waals surface area contributed by atoms with Gasteiger partial charge in [0.15, 0.2) is 15.7 Å². The van der Waals surface area contributed by atoms with Gasteiger partial charge in [0.05, 0.1) is 0 Å². The van der Waals surface area contributed by atoms with Crippen molar-refractivity contribution in [3.8, 4) is 0 Å². The molecule has 84 valence electrons. The number of hydrogen-bond acceptors (Lipinski definition) is 5. The van der Waals surface area contributed by atoms with E-state index in [9.17, 15) is 8.42 Å². The van der Waals surface area contributed by atoms with E-state index in [1.54, 1.807) is 6.92 Å². The molecule has 0 fully saturated rings. The predicted molar refractivity (Wildman–Crippen MR) is 56.8 cm³/mol. The molecule has 1 aromatic heterocycles. The number of rotatable bonds is 4. The summed E-state index contributed by atoms with van der Waals surface area (Å²) in [6.45, 7) is 5.27. The van der Waals surface area contributed by atoms with Gasteiger partial charge in [-0.3, -0.25) is 0 Å². The second kappa shape index (κ2) is 4.57. The molecule has 0 amide bonds. The molecule has 6 heteroatoms. The summed E-state index contributed by atoms with van der Waals surface area (Å²) in [5.74, 6) is 0.510. The van der Waals surface area contributed by atoms with Crippen LogP contribution in [0.1, 0.15) is 32.5 Å². The molecule has 1 aromatic rings. The van der Waals surface area contributed by atoms with Crippen molar-refractivity contribution in [2.24, 2.45) is 0 Å². The molecule has 1 heterocycles. The minimum absolute atomic E-state index is 0.0828. The van der Waals surface area contributed by atoms with E-state index in [0.717, 1.165) is 5.57 Å². The van der Waals surface area contributed by atoms with Gasteiger partial charge >= 0.3 is 0 Å². The third-order valence-electron chi connectivity index (χ3n) is 2.03. The van der Waals surface area contributed by atoms with Crippen molar-refractivity contribution in [2.45, 2.75) is 26.5 Å². The van der Waals surface area contributed by atoms with E-state index in [-0.39, 0.29) is 17.3 Å². The maximum absolute atomic E-state index is 11.3. The lowest BCUT2D eigenvalue weighted by molar-refractivity contribution is 0.402. The monoisotopic (exact) mass is 230 g/mol. The number of allylic oxidation sites excluding steroid dienone is 2. The van der Waals surface area contributed by atoms with Gasteiger partial charge in [-0.2, -0.15) is 4.98 Å². The van der Waals surface area contributed by atoms with Gasteiger partial charge < -0.3 is 4.52 Å². The summed E-state index contributed by atoms with van der Waals surface area (Å²) in [6.07, 6.45) is 1.83. The second-order valence-corrected chi connectivity index (χ2v) is 5.52. The number of hydrogen-bond donors (Lipinski definition) is 0. The molecule has 0 aliphatic carbocycles. The van der Waals surface area contributed by atoms with E-state index in [2.05, 4.69) is 10.1 Å². The highest BCUT2D eigenvalue weighted by Crippen LogP contribution is 2.11. The molecular weight excluding hydrogens is 216 g/mol. The van der Waals surface area contributed by atoms with Crippen LogP contribution in [0.3, 0.4) is 0 Å². The van der Waals surface area contributed by atoms with E-state index in [4.69, 9.17) is 4.52 Å². The second-order valence-electron chi connectivity index (χ2n) is 3.16. The van der Waals surface area contributed by atoms with Crippen molar-refractivity contribution in [1.29, 1.82) is 0 Å². The van der Waals surface area contributed by atoms with E-state index in [0.29, 0.717) is 5.89 Å². The Morgan fingerprint density at radius 2 is 2.20 bits per heavy atom. The van der Waals surface area contributed by atoms with Gasteiger partial charge in [-0.15, -0.1) is 0 Å². The van der Waals surface area contributed by atoms with Crippen molar-refractivity contribution in [1.82, 2.24) is 10.1 Å². The summed E-state index contributed by atoms with van der Waals surface area (Å²) < 4.78 is 27.5. The van der Waals surface area contributed by atoms with Gasteiger partial charge in [0.25, 0.3) is 5.89 Å². The standard InChI is InChI=1S/C9H14N2O3S/c1-4-7(3)9-10-8(11-14-9)6-15(12,13)5-2/h4H,5-6H2,1-3H3. The molecule has 0 saturated heterocycles. The summed E-state index contributed by atoms with van der Waals surface area (Å²) >= 11 is 0. The van der Waals surface area contributed by atoms with Crippen LogP contribution in [-0.2, 0) is 15.6 Å². The molecule has 0 saturated carbocycles. The molecule has 0 radical (unpaired) electrons. The lowest BCUT2D eigenvalue weighted by Gasteiger charge is -1.93. The molecule has 0 spiro atoms. The maximum Gasteiger partial charge on any atom is 0.253 e. The molecule has 0 N–H and O–H groups in total. The van der Waals surface area contributed by atoms with Crippen LogP contribution >= 0.6 is 0 Å². The number of sulfone groups is 1. The van der Waals surface area contributed by atoms with Crippen LogP contribution < -0.4 is 0 Å². The molecule has 0 aliphatic rings. The SMILES string of the molecule is CC=C(C)c1nc(CS(=O)(=O)CC)no1. The smallest absolute Gasteiger partial charge is 0.253 e. The predicted octanol–water partition coefficient (Wildman–Crippen LogP) is 1.43. The van der Waals surface area contributed by atoms with Crippen molar-refractivity contribution < 1.29 is 12.9 Å². The van der Waals surface area contributed by atoms with Gasteiger partial charge in [0.2, 0.25) is 0 Å². The van der Waals surface area contributed by atoms with Crippen molar-refractivity contribution in [3.05, 3.63) is 17.8 Å². The Morgan fingerprint density at radius 1 is 1.53 bits per heavy atom. The van der Waals surface area contributed by atoms with Crippen LogP contribution in [0.2, 0.25) is 0 Å². The molecule has 0 aliphatic heterocycles. The molecular formula is C9H14N2O3S. The molecule has 0 atom stereocenters. The van der Waals surface area contributed by atoms with Gasteiger partial charge in [-0.1, -0.05) is 18.2 Å². The van der Waals surface area contributed by atoms with Crippen molar-refractivity contribution in [2.75, 3.05) is 5.75 Å². The first-order valence-electron chi connectivity index (χ1n) is 4.64. The summed E-state index contributed by atoms with van der Waals surface area (Å²) in [5.41, 5.74) is 0.836. The molecule has 1 rings (SSSR count). The lowest BCUT2D eigenvalue weighted by atomic mass is 10.3. The van der Waals surface area contributed by atoms with Crippen LogP contribution in [0.15, 0.2) is 10.6 Å². The summed E-state index contributed by atoms with van der Waals surface area (Å²) in [6, 6.07) is 0. The molecule has 5 nitrogen and oxygen atoms in total. The van der Waals surface area contributed by atoms with Gasteiger partial charge in [-0.05, 0) is 13.8 Å². The minimum atomic E-state index is -3.10. The van der Waals surface area contributed by atoms with E-state index >= 15 is 0 Å². The third kappa shape index (κ3) is 3.16. The fourth-order valence-electron chi connectivity index (χ4n) is 0.895. The Kier molecular flexibility index (Phi) is 3.62. The van der Waals surface area contributed by atoms with Crippen LogP contribution in [0, 0.1) is 0 Å². The Morgan fingerprint density at radius 3 is 2.73 bits per heavy atom. The highest BCUT2D eigenvalue weighted by Gasteiger charge is 2.15. The average molecular weight is 230 g/mol. The molecule has 0 unspecified atom stereocenters. The third-order valence-corrected chi connectivity index (χ3v) is 3.60. The highest BCUT2D eigenvalue weighted by molar-refractivity contribution is 7.90. The number of nitrogens with zero attached hydrogens (tertiary/aromatic N) is 2. The zero-order chi connectivity index (χ0) is 11.5. The maximum atomic E-state index is 11.3. The normalized spacial score (nSPS) is 13.1. The first-order chi connectivity index (χ1) is 6.98. The minimum Gasteiger partial charge on any atom is -0.334 e. The molecule has 0 bridgehead atoms. The highest BCUT2D eigenvalue weighted by atomic mass is 32.2. The van der Waals surface area contributed by atoms with Gasteiger partial charge in [-0.25, -0.2) is 8.42 Å². The van der Waals surface area contributed by atoms with E-state index in [1.807, 2.05) is 19.9 Å². The Labute approximate surface area is 89.1 Å². The first-order valence-corrected chi connectivity index (χ1v) is 6.47. The summed E-state index contributed by atoms with van der Waals surface area (Å²) in [7, 11) is -3.10. The van der Waals surface area contributed by atoms with Crippen LogP contribution in [0.4, 0.5) is 0 Å². The fraction of sp³-hybridized carbons (Fsp3) is 0.556. The quantitative estimate of drug-likeness (QED) is 0.782. The molecule has 0 aromatic carbocycles. The van der Waals surface area contributed by atoms with Crippen LogP contribution in [-0.4, -0.2) is 24.3 Å². The number of aromatic nitrogens is 2. The largest absolute Gasteiger partial charge is 0.334 e. The van der Waals surface area contributed by atoms with Crippen molar-refractivity contribution >= 4 is 15.4 Å². The average Bonchev–Trinajstić information content (AvgIpc) is 2.64. The van der Waals surface area contributed by atoms with E-state index in [1.165, 1.54) is 0 Å². The van der Waals surface area contributed by atoms with Crippen LogP contribution in [0.5, 0.6) is 0 Å². The van der Waals surface area contributed by atoms with Crippen molar-refractivity contribution in [3.63, 3.8) is 0 Å². The Hall–Kier alpha value is -1.17. The van der Waals surface area contributed by atoms with Crippen LogP contribution in [0.25, 0.3) is 5.57 Å². The first kappa shape index (κ1) is 11.9. The van der Waals surface area contributed by atoms with E-state index < -0.39 is 9.84 Å². The zero-order valence-electron chi connectivity index (χ0n) is 9.02. The zero-order valence-corrected chi connectivity index (χ0v) is 9.84. The fourth-order valence-corrected chi connectivity index (χ4v) is 1.61. The molecule has 15 heavy (non-hydrogen) atoms. The van der Waals surface area contributed by atoms with Gasteiger partial charge in [0, 0.05) is 11.3 Å². The Bertz CT molecular complexity index is 459. The van der Waals surface area contributed by atoms with Gasteiger partial charge in [0.1, 0.15) is 5.75 Å². The lowest BCUT2D eigenvalue weighted by Crippen LogP contribution is -2.07. The Balaban J connectivity index is 2.87. The topological polar surface area (TPSA) is 73.1 Å².